The van der Waals surface area contributed by atoms with Crippen LogP contribution in [0.3, 0.4) is 0 Å². The highest BCUT2D eigenvalue weighted by molar-refractivity contribution is 5.93. The van der Waals surface area contributed by atoms with Gasteiger partial charge in [0.05, 0.1) is 5.56 Å². The van der Waals surface area contributed by atoms with E-state index in [4.69, 9.17) is 0 Å². The molecular weight excluding hydrogens is 369 g/mol. The third kappa shape index (κ3) is 4.81. The SMILES string of the molecule is Cc1cccc(C)c1NC(=O)C[NH+]1CCN(c2ccc(C(F)(F)F)c[nH+]2)CC1. The summed E-state index contributed by atoms with van der Waals surface area (Å²) in [5.41, 5.74) is 2.24. The lowest BCUT2D eigenvalue weighted by molar-refractivity contribution is -0.892. The smallest absolute Gasteiger partial charge is 0.321 e. The van der Waals surface area contributed by atoms with Crippen molar-refractivity contribution in [1.29, 1.82) is 0 Å². The van der Waals surface area contributed by atoms with Gasteiger partial charge in [-0.15, -0.1) is 0 Å². The molecule has 1 fully saturated rings. The fraction of sp³-hybridized carbons (Fsp3) is 0.400. The lowest BCUT2D eigenvalue weighted by Gasteiger charge is -2.28. The van der Waals surface area contributed by atoms with Gasteiger partial charge in [0.1, 0.15) is 32.4 Å². The van der Waals surface area contributed by atoms with Crippen molar-refractivity contribution < 1.29 is 27.8 Å². The van der Waals surface area contributed by atoms with E-state index < -0.39 is 11.7 Å². The number of alkyl halides is 3. The molecule has 28 heavy (non-hydrogen) atoms. The van der Waals surface area contributed by atoms with E-state index >= 15 is 0 Å². The summed E-state index contributed by atoms with van der Waals surface area (Å²) in [6.07, 6.45) is -3.35. The van der Waals surface area contributed by atoms with E-state index in [9.17, 15) is 18.0 Å². The van der Waals surface area contributed by atoms with Gasteiger partial charge in [-0.2, -0.15) is 13.2 Å². The van der Waals surface area contributed by atoms with Crippen LogP contribution in [-0.4, -0.2) is 38.6 Å². The summed E-state index contributed by atoms with van der Waals surface area (Å²) in [5, 5.41) is 3.00. The second kappa shape index (κ2) is 8.18. The minimum absolute atomic E-state index is 0.0260. The summed E-state index contributed by atoms with van der Waals surface area (Å²) >= 11 is 0. The average molecular weight is 394 g/mol. The zero-order chi connectivity index (χ0) is 20.3. The predicted octanol–water partition coefficient (Wildman–Crippen LogP) is 1.48. The molecule has 3 N–H and O–H groups in total. The molecule has 0 saturated carbocycles. The number of halogens is 3. The lowest BCUT2D eigenvalue weighted by atomic mass is 10.1. The first kappa shape index (κ1) is 20.1. The molecule has 1 amide bonds. The molecule has 0 spiro atoms. The Morgan fingerprint density at radius 1 is 1.14 bits per heavy atom. The Morgan fingerprint density at radius 3 is 2.32 bits per heavy atom. The van der Waals surface area contributed by atoms with Gasteiger partial charge in [-0.05, 0) is 31.0 Å². The van der Waals surface area contributed by atoms with Crippen molar-refractivity contribution in [3.63, 3.8) is 0 Å². The summed E-state index contributed by atoms with van der Waals surface area (Å²) in [7, 11) is 0. The number of piperazine rings is 1. The quantitative estimate of drug-likeness (QED) is 0.826. The van der Waals surface area contributed by atoms with E-state index in [1.165, 1.54) is 6.07 Å². The Hall–Kier alpha value is -2.61. The molecule has 0 bridgehead atoms. The lowest BCUT2D eigenvalue weighted by Crippen LogP contribution is -3.15. The zero-order valence-electron chi connectivity index (χ0n) is 16.0. The molecule has 150 valence electrons. The van der Waals surface area contributed by atoms with Crippen molar-refractivity contribution in [2.75, 3.05) is 42.9 Å². The van der Waals surface area contributed by atoms with Gasteiger partial charge in [-0.3, -0.25) is 9.69 Å². The third-order valence-electron chi connectivity index (χ3n) is 5.09. The van der Waals surface area contributed by atoms with Crippen molar-refractivity contribution in [2.24, 2.45) is 0 Å². The maximum atomic E-state index is 12.7. The van der Waals surface area contributed by atoms with Crippen molar-refractivity contribution in [2.45, 2.75) is 20.0 Å². The van der Waals surface area contributed by atoms with E-state index in [1.807, 2.05) is 36.9 Å². The van der Waals surface area contributed by atoms with Crippen LogP contribution in [-0.2, 0) is 11.0 Å². The zero-order valence-corrected chi connectivity index (χ0v) is 16.0. The van der Waals surface area contributed by atoms with Crippen LogP contribution >= 0.6 is 0 Å². The van der Waals surface area contributed by atoms with Gasteiger partial charge in [0.2, 0.25) is 0 Å². The van der Waals surface area contributed by atoms with E-state index in [0.29, 0.717) is 25.5 Å². The molecule has 1 aromatic carbocycles. The van der Waals surface area contributed by atoms with Crippen LogP contribution in [0.4, 0.5) is 24.7 Å². The number of anilines is 2. The van der Waals surface area contributed by atoms with Crippen LogP contribution in [0.5, 0.6) is 0 Å². The number of carbonyl (C=O) groups is 1. The fourth-order valence-electron chi connectivity index (χ4n) is 3.45. The molecule has 0 aliphatic carbocycles. The second-order valence-corrected chi connectivity index (χ2v) is 7.19. The number of H-pyrrole nitrogens is 1. The number of hydrogen-bond acceptors (Lipinski definition) is 2. The topological polar surface area (TPSA) is 50.9 Å². The van der Waals surface area contributed by atoms with Gasteiger partial charge in [0.25, 0.3) is 11.7 Å². The number of aromatic nitrogens is 1. The highest BCUT2D eigenvalue weighted by Gasteiger charge is 2.33. The third-order valence-corrected chi connectivity index (χ3v) is 5.09. The van der Waals surface area contributed by atoms with E-state index in [0.717, 1.165) is 47.1 Å². The minimum Gasteiger partial charge on any atom is -0.321 e. The molecule has 1 aliphatic rings. The fourth-order valence-corrected chi connectivity index (χ4v) is 3.45. The number of hydrogen-bond donors (Lipinski definition) is 2. The number of aromatic amines is 1. The molecule has 0 radical (unpaired) electrons. The normalized spacial score (nSPS) is 15.5. The maximum Gasteiger partial charge on any atom is 0.419 e. The molecule has 1 aliphatic heterocycles. The van der Waals surface area contributed by atoms with Gasteiger partial charge in [0, 0.05) is 11.8 Å². The molecule has 2 aromatic rings. The van der Waals surface area contributed by atoms with Crippen molar-refractivity contribution in [1.82, 2.24) is 0 Å². The Kier molecular flexibility index (Phi) is 5.88. The number of para-hydroxylation sites is 1. The number of nitrogens with one attached hydrogen (secondary N) is 3. The molecule has 5 nitrogen and oxygen atoms in total. The van der Waals surface area contributed by atoms with E-state index in [1.54, 1.807) is 0 Å². The van der Waals surface area contributed by atoms with Crippen LogP contribution in [0.2, 0.25) is 0 Å². The van der Waals surface area contributed by atoms with Gasteiger partial charge < -0.3 is 10.2 Å². The Morgan fingerprint density at radius 2 is 1.79 bits per heavy atom. The first-order valence-corrected chi connectivity index (χ1v) is 9.27. The van der Waals surface area contributed by atoms with Gasteiger partial charge in [-0.25, -0.2) is 4.98 Å². The van der Waals surface area contributed by atoms with Crippen molar-refractivity contribution >= 4 is 17.4 Å². The number of rotatable bonds is 4. The number of carbonyl (C=O) groups excluding carboxylic acids is 1. The minimum atomic E-state index is -4.35. The van der Waals surface area contributed by atoms with Crippen LogP contribution in [0.1, 0.15) is 16.7 Å². The Labute approximate surface area is 162 Å². The van der Waals surface area contributed by atoms with Crippen molar-refractivity contribution in [3.8, 4) is 0 Å². The van der Waals surface area contributed by atoms with E-state index in [-0.39, 0.29) is 5.91 Å². The van der Waals surface area contributed by atoms with Crippen LogP contribution in [0.25, 0.3) is 0 Å². The average Bonchev–Trinajstić information content (AvgIpc) is 2.65. The predicted molar refractivity (Wildman–Crippen MR) is 100 cm³/mol. The van der Waals surface area contributed by atoms with Gasteiger partial charge in [-0.1, -0.05) is 18.2 Å². The molecule has 8 heteroatoms. The van der Waals surface area contributed by atoms with Crippen molar-refractivity contribution in [3.05, 3.63) is 53.2 Å². The number of quaternary nitrogens is 1. The van der Waals surface area contributed by atoms with Crippen LogP contribution < -0.4 is 20.1 Å². The highest BCUT2D eigenvalue weighted by Crippen LogP contribution is 2.28. The Balaban J connectivity index is 1.52. The maximum absolute atomic E-state index is 12.7. The summed E-state index contributed by atoms with van der Waals surface area (Å²) in [4.78, 5) is 18.3. The molecule has 0 unspecified atom stereocenters. The first-order chi connectivity index (χ1) is 13.2. The summed E-state index contributed by atoms with van der Waals surface area (Å²) in [5.74, 6) is 0.633. The molecule has 2 heterocycles. The number of amides is 1. The van der Waals surface area contributed by atoms with Crippen LogP contribution in [0, 0.1) is 13.8 Å². The molecule has 1 aromatic heterocycles. The molecule has 0 atom stereocenters. The molecule has 3 rings (SSSR count). The summed E-state index contributed by atoms with van der Waals surface area (Å²) in [6.45, 7) is 7.15. The Bertz CT molecular complexity index is 808. The number of aryl methyl sites for hydroxylation is 2. The molecular formula is C20H25F3N4O+2. The largest absolute Gasteiger partial charge is 0.419 e. The first-order valence-electron chi connectivity index (χ1n) is 9.27. The number of nitrogens with zero attached hydrogens (tertiary/aromatic N) is 1. The summed E-state index contributed by atoms with van der Waals surface area (Å²) in [6, 6.07) is 8.44. The van der Waals surface area contributed by atoms with Crippen LogP contribution in [0.15, 0.2) is 36.5 Å². The number of pyridine rings is 1. The van der Waals surface area contributed by atoms with Gasteiger partial charge >= 0.3 is 6.18 Å². The highest BCUT2D eigenvalue weighted by atomic mass is 19.4. The standard InChI is InChI=1S/C20H23F3N4O/c1-14-4-3-5-15(2)19(14)25-18(28)13-26-8-10-27(11-9-26)17-7-6-16(12-24-17)20(21,22)23/h3-7,12H,8-11,13H2,1-2H3,(H,25,28)/p+2. The number of benzene rings is 1. The second-order valence-electron chi connectivity index (χ2n) is 7.19. The summed E-state index contributed by atoms with van der Waals surface area (Å²) < 4.78 is 38.0. The van der Waals surface area contributed by atoms with E-state index in [2.05, 4.69) is 10.3 Å². The molecule has 1 saturated heterocycles. The van der Waals surface area contributed by atoms with Gasteiger partial charge in [0.15, 0.2) is 6.54 Å². The monoisotopic (exact) mass is 394 g/mol.